The fourth-order valence-electron chi connectivity index (χ4n) is 0.800. The van der Waals surface area contributed by atoms with Crippen molar-refractivity contribution in [2.45, 2.75) is 6.92 Å². The molecule has 0 aromatic heterocycles. The molecule has 0 aliphatic carbocycles. The molecule has 0 unspecified atom stereocenters. The molecule has 0 saturated heterocycles. The molecule has 1 aromatic rings. The van der Waals surface area contributed by atoms with Gasteiger partial charge in [0, 0.05) is 13.0 Å². The molecule has 0 atom stereocenters. The van der Waals surface area contributed by atoms with Crippen molar-refractivity contribution in [2.24, 2.45) is 0 Å². The lowest BCUT2D eigenvalue weighted by molar-refractivity contribution is -0.385. The Morgan fingerprint density at radius 2 is 2.15 bits per heavy atom. The van der Waals surface area contributed by atoms with Crippen molar-refractivity contribution < 1.29 is 9.66 Å². The van der Waals surface area contributed by atoms with Gasteiger partial charge in [0.2, 0.25) is 5.75 Å². The third-order valence-corrected chi connectivity index (χ3v) is 1.33. The van der Waals surface area contributed by atoms with E-state index in [1.807, 2.05) is 0 Å². The van der Waals surface area contributed by atoms with Crippen molar-refractivity contribution in [3.63, 3.8) is 0 Å². The van der Waals surface area contributed by atoms with Gasteiger partial charge >= 0.3 is 5.69 Å². The van der Waals surface area contributed by atoms with E-state index in [4.69, 9.17) is 4.74 Å². The minimum absolute atomic E-state index is 0.0785. The molecule has 0 heterocycles. The minimum Gasteiger partial charge on any atom is -0.400 e. The van der Waals surface area contributed by atoms with Gasteiger partial charge in [-0.1, -0.05) is 18.1 Å². The molecular weight excluding hydrogens is 170 g/mol. The van der Waals surface area contributed by atoms with Crippen LogP contribution in [0.3, 0.4) is 0 Å². The zero-order chi connectivity index (χ0) is 9.68. The highest BCUT2D eigenvalue weighted by molar-refractivity contribution is 5.46. The van der Waals surface area contributed by atoms with Crippen LogP contribution in [0, 0.1) is 22.1 Å². The maximum Gasteiger partial charge on any atom is 0.312 e. The first-order chi connectivity index (χ1) is 6.25. The number of rotatable bonds is 2. The zero-order valence-electron chi connectivity index (χ0n) is 6.98. The molecule has 1 aromatic carbocycles. The molecule has 66 valence electrons. The molecule has 1 rings (SSSR count). The Hall–Kier alpha value is -2.02. The summed E-state index contributed by atoms with van der Waals surface area (Å²) in [5.74, 6) is 2.66. The van der Waals surface area contributed by atoms with Gasteiger partial charge in [0.25, 0.3) is 0 Å². The summed E-state index contributed by atoms with van der Waals surface area (Å²) in [5, 5.41) is 10.5. The number of para-hydroxylation sites is 2. The lowest BCUT2D eigenvalue weighted by atomic mass is 10.3. The molecule has 0 spiro atoms. The molecule has 0 aliphatic heterocycles. The predicted octanol–water partition coefficient (Wildman–Crippen LogP) is 1.95. The maximum absolute atomic E-state index is 10.5. The topological polar surface area (TPSA) is 52.4 Å². The smallest absolute Gasteiger partial charge is 0.312 e. The van der Waals surface area contributed by atoms with E-state index in [-0.39, 0.29) is 11.4 Å². The first kappa shape index (κ1) is 9.07. The number of hydrogen-bond donors (Lipinski definition) is 0. The quantitative estimate of drug-likeness (QED) is 0.394. The Balaban J connectivity index is 3.02. The number of nitro benzene ring substituents is 1. The summed E-state index contributed by atoms with van der Waals surface area (Å²) in [7, 11) is 0. The van der Waals surface area contributed by atoms with Crippen LogP contribution >= 0.6 is 0 Å². The van der Waals surface area contributed by atoms with Crippen LogP contribution in [0.2, 0.25) is 0 Å². The first-order valence-electron chi connectivity index (χ1n) is 3.57. The average Bonchev–Trinajstić information content (AvgIpc) is 2.15. The van der Waals surface area contributed by atoms with Crippen LogP contribution in [0.25, 0.3) is 0 Å². The van der Waals surface area contributed by atoms with Crippen LogP contribution in [-0.2, 0) is 0 Å². The molecule has 0 fully saturated rings. The Morgan fingerprint density at radius 1 is 1.46 bits per heavy atom. The van der Waals surface area contributed by atoms with E-state index in [9.17, 15) is 10.1 Å². The van der Waals surface area contributed by atoms with Crippen LogP contribution in [0.4, 0.5) is 5.69 Å². The van der Waals surface area contributed by atoms with Gasteiger partial charge in [0.15, 0.2) is 0 Å². The van der Waals surface area contributed by atoms with Crippen LogP contribution in [0.5, 0.6) is 5.75 Å². The second-order valence-corrected chi connectivity index (χ2v) is 2.18. The van der Waals surface area contributed by atoms with E-state index in [0.717, 1.165) is 0 Å². The van der Waals surface area contributed by atoms with Crippen LogP contribution < -0.4 is 4.74 Å². The van der Waals surface area contributed by atoms with Gasteiger partial charge in [-0.3, -0.25) is 10.1 Å². The molecule has 4 nitrogen and oxygen atoms in total. The van der Waals surface area contributed by atoms with Gasteiger partial charge in [-0.15, -0.1) is 0 Å². The number of nitrogens with zero attached hydrogens (tertiary/aromatic N) is 1. The van der Waals surface area contributed by atoms with Crippen LogP contribution in [0.1, 0.15) is 6.92 Å². The molecule has 0 saturated carbocycles. The van der Waals surface area contributed by atoms with Gasteiger partial charge in [0.05, 0.1) is 4.92 Å². The summed E-state index contributed by atoms with van der Waals surface area (Å²) in [4.78, 5) is 9.96. The summed E-state index contributed by atoms with van der Waals surface area (Å²) in [6.45, 7) is 1.59. The number of benzene rings is 1. The van der Waals surface area contributed by atoms with E-state index < -0.39 is 4.92 Å². The molecule has 13 heavy (non-hydrogen) atoms. The number of nitro groups is 1. The largest absolute Gasteiger partial charge is 0.400 e. The first-order valence-corrected chi connectivity index (χ1v) is 3.57. The minimum atomic E-state index is -0.507. The summed E-state index contributed by atoms with van der Waals surface area (Å²) in [6, 6.07) is 6.10. The summed E-state index contributed by atoms with van der Waals surface area (Å²) in [5.41, 5.74) is -0.0785. The van der Waals surface area contributed by atoms with Crippen LogP contribution in [0.15, 0.2) is 24.3 Å². The third kappa shape index (κ3) is 2.20. The highest BCUT2D eigenvalue weighted by Gasteiger charge is 2.12. The SMILES string of the molecule is CC#COc1ccccc1[N+](=O)[O-]. The average molecular weight is 177 g/mol. The molecule has 0 amide bonds. The van der Waals surface area contributed by atoms with Gasteiger partial charge in [-0.05, 0) is 6.07 Å². The van der Waals surface area contributed by atoms with Gasteiger partial charge in [-0.25, -0.2) is 0 Å². The normalized spacial score (nSPS) is 8.38. The number of hydrogen-bond acceptors (Lipinski definition) is 3. The van der Waals surface area contributed by atoms with Crippen molar-refractivity contribution >= 4 is 5.69 Å². The van der Waals surface area contributed by atoms with E-state index in [1.54, 1.807) is 19.1 Å². The van der Waals surface area contributed by atoms with Crippen molar-refractivity contribution in [1.82, 2.24) is 0 Å². The fraction of sp³-hybridized carbons (Fsp3) is 0.111. The number of ether oxygens (including phenoxy) is 1. The Labute approximate surface area is 75.3 Å². The molecule has 4 heteroatoms. The summed E-state index contributed by atoms with van der Waals surface area (Å²) in [6.07, 6.45) is 2.31. The summed E-state index contributed by atoms with van der Waals surface area (Å²) >= 11 is 0. The molecular formula is C9H7NO3. The Morgan fingerprint density at radius 3 is 2.77 bits per heavy atom. The zero-order valence-corrected chi connectivity index (χ0v) is 6.98. The fourth-order valence-corrected chi connectivity index (χ4v) is 0.800. The van der Waals surface area contributed by atoms with Gasteiger partial charge in [-0.2, -0.15) is 0 Å². The lowest BCUT2D eigenvalue weighted by Gasteiger charge is -1.97. The maximum atomic E-state index is 10.5. The predicted molar refractivity (Wildman–Crippen MR) is 47.2 cm³/mol. The van der Waals surface area contributed by atoms with Crippen molar-refractivity contribution in [3.8, 4) is 17.8 Å². The third-order valence-electron chi connectivity index (χ3n) is 1.33. The standard InChI is InChI=1S/C9H7NO3/c1-2-7-13-9-6-4-3-5-8(9)10(11)12/h3-6H,1H3. The molecule has 0 radical (unpaired) electrons. The lowest BCUT2D eigenvalue weighted by Crippen LogP contribution is -1.92. The van der Waals surface area contributed by atoms with Gasteiger partial charge in [0.1, 0.15) is 6.11 Å². The van der Waals surface area contributed by atoms with Crippen LogP contribution in [-0.4, -0.2) is 4.92 Å². The van der Waals surface area contributed by atoms with E-state index >= 15 is 0 Å². The van der Waals surface area contributed by atoms with Crippen molar-refractivity contribution in [2.75, 3.05) is 0 Å². The van der Waals surface area contributed by atoms with Gasteiger partial charge < -0.3 is 4.74 Å². The molecule has 0 aliphatic rings. The molecule has 0 N–H and O–H groups in total. The van der Waals surface area contributed by atoms with E-state index in [1.165, 1.54) is 12.1 Å². The Bertz CT molecular complexity index is 376. The second-order valence-electron chi connectivity index (χ2n) is 2.18. The van der Waals surface area contributed by atoms with Crippen molar-refractivity contribution in [1.29, 1.82) is 0 Å². The highest BCUT2D eigenvalue weighted by atomic mass is 16.6. The van der Waals surface area contributed by atoms with E-state index in [2.05, 4.69) is 12.0 Å². The summed E-state index contributed by atoms with van der Waals surface area (Å²) < 4.78 is 4.84. The monoisotopic (exact) mass is 177 g/mol. The Kier molecular flexibility index (Phi) is 2.87. The highest BCUT2D eigenvalue weighted by Crippen LogP contribution is 2.25. The second kappa shape index (κ2) is 4.12. The van der Waals surface area contributed by atoms with E-state index in [0.29, 0.717) is 0 Å². The van der Waals surface area contributed by atoms with Crippen molar-refractivity contribution in [3.05, 3.63) is 34.4 Å². The molecule has 0 bridgehead atoms.